The van der Waals surface area contributed by atoms with Gasteiger partial charge in [-0.05, 0) is 36.2 Å². The van der Waals surface area contributed by atoms with Crippen molar-refractivity contribution < 1.29 is 4.74 Å². The van der Waals surface area contributed by atoms with Crippen molar-refractivity contribution in [2.24, 2.45) is 0 Å². The highest BCUT2D eigenvalue weighted by Crippen LogP contribution is 2.27. The molecule has 19 heavy (non-hydrogen) atoms. The zero-order valence-corrected chi connectivity index (χ0v) is 12.3. The maximum atomic E-state index is 6.16. The van der Waals surface area contributed by atoms with Gasteiger partial charge in [0.15, 0.2) is 0 Å². The molecule has 0 saturated carbocycles. The Morgan fingerprint density at radius 2 is 1.74 bits per heavy atom. The van der Waals surface area contributed by atoms with E-state index in [0.717, 1.165) is 17.1 Å². The minimum atomic E-state index is 0.0887. The molecule has 0 spiro atoms. The molecule has 1 atom stereocenters. The SMILES string of the molecule is COc1ccc(C(C)n2c(Cl)nnc2C(C)C)cc1. The van der Waals surface area contributed by atoms with E-state index < -0.39 is 0 Å². The van der Waals surface area contributed by atoms with Gasteiger partial charge < -0.3 is 4.74 Å². The fraction of sp³-hybridized carbons (Fsp3) is 0.429. The van der Waals surface area contributed by atoms with Crippen LogP contribution in [-0.2, 0) is 0 Å². The second-order valence-electron chi connectivity index (χ2n) is 4.80. The van der Waals surface area contributed by atoms with Crippen molar-refractivity contribution >= 4 is 11.6 Å². The number of rotatable bonds is 4. The Labute approximate surface area is 118 Å². The van der Waals surface area contributed by atoms with E-state index in [0.29, 0.717) is 5.28 Å². The molecule has 1 heterocycles. The molecule has 0 N–H and O–H groups in total. The van der Waals surface area contributed by atoms with Crippen LogP contribution in [0.2, 0.25) is 5.28 Å². The van der Waals surface area contributed by atoms with E-state index in [1.165, 1.54) is 0 Å². The van der Waals surface area contributed by atoms with Crippen molar-refractivity contribution in [3.8, 4) is 5.75 Å². The molecule has 2 aromatic rings. The van der Waals surface area contributed by atoms with E-state index >= 15 is 0 Å². The Morgan fingerprint density at radius 3 is 2.26 bits per heavy atom. The molecule has 4 nitrogen and oxygen atoms in total. The topological polar surface area (TPSA) is 39.9 Å². The van der Waals surface area contributed by atoms with Crippen molar-refractivity contribution in [3.63, 3.8) is 0 Å². The monoisotopic (exact) mass is 279 g/mol. The van der Waals surface area contributed by atoms with Gasteiger partial charge in [0, 0.05) is 5.92 Å². The zero-order chi connectivity index (χ0) is 14.0. The number of ether oxygens (including phenoxy) is 1. The van der Waals surface area contributed by atoms with E-state index in [4.69, 9.17) is 16.3 Å². The third-order valence-electron chi connectivity index (χ3n) is 3.18. The van der Waals surface area contributed by atoms with E-state index in [-0.39, 0.29) is 12.0 Å². The highest BCUT2D eigenvalue weighted by Gasteiger charge is 2.19. The van der Waals surface area contributed by atoms with Crippen LogP contribution >= 0.6 is 11.6 Å². The number of benzene rings is 1. The van der Waals surface area contributed by atoms with Gasteiger partial charge in [-0.15, -0.1) is 10.2 Å². The highest BCUT2D eigenvalue weighted by molar-refractivity contribution is 6.28. The number of nitrogens with zero attached hydrogens (tertiary/aromatic N) is 3. The number of hydrogen-bond acceptors (Lipinski definition) is 3. The van der Waals surface area contributed by atoms with Gasteiger partial charge in [-0.1, -0.05) is 26.0 Å². The Morgan fingerprint density at radius 1 is 1.11 bits per heavy atom. The first-order valence-corrected chi connectivity index (χ1v) is 6.66. The Bertz CT molecular complexity index is 548. The van der Waals surface area contributed by atoms with Crippen LogP contribution in [-0.4, -0.2) is 21.9 Å². The Hall–Kier alpha value is -1.55. The van der Waals surface area contributed by atoms with Crippen LogP contribution in [0.1, 0.15) is 44.1 Å². The van der Waals surface area contributed by atoms with Crippen molar-refractivity contribution in [2.75, 3.05) is 7.11 Å². The van der Waals surface area contributed by atoms with E-state index in [9.17, 15) is 0 Å². The van der Waals surface area contributed by atoms with Crippen molar-refractivity contribution in [1.29, 1.82) is 0 Å². The van der Waals surface area contributed by atoms with Gasteiger partial charge in [-0.3, -0.25) is 4.57 Å². The number of methoxy groups -OCH3 is 1. The average molecular weight is 280 g/mol. The lowest BCUT2D eigenvalue weighted by Gasteiger charge is -2.18. The predicted molar refractivity (Wildman–Crippen MR) is 75.9 cm³/mol. The second kappa shape index (κ2) is 5.61. The summed E-state index contributed by atoms with van der Waals surface area (Å²) in [5, 5.41) is 8.55. The maximum absolute atomic E-state index is 6.16. The summed E-state index contributed by atoms with van der Waals surface area (Å²) >= 11 is 6.16. The number of halogens is 1. The molecule has 1 unspecified atom stereocenters. The van der Waals surface area contributed by atoms with Gasteiger partial charge in [0.2, 0.25) is 5.28 Å². The molecule has 2 rings (SSSR count). The van der Waals surface area contributed by atoms with Crippen molar-refractivity contribution in [2.45, 2.75) is 32.7 Å². The van der Waals surface area contributed by atoms with Gasteiger partial charge in [-0.25, -0.2) is 0 Å². The molecule has 0 saturated heterocycles. The quantitative estimate of drug-likeness (QED) is 0.857. The smallest absolute Gasteiger partial charge is 0.225 e. The lowest BCUT2D eigenvalue weighted by molar-refractivity contribution is 0.414. The molecule has 0 aliphatic rings. The predicted octanol–water partition coefficient (Wildman–Crippen LogP) is 3.67. The molecule has 5 heteroatoms. The van der Waals surface area contributed by atoms with Crippen molar-refractivity contribution in [1.82, 2.24) is 14.8 Å². The minimum absolute atomic E-state index is 0.0887. The fourth-order valence-electron chi connectivity index (χ4n) is 2.07. The Kier molecular flexibility index (Phi) is 4.10. The average Bonchev–Trinajstić information content (AvgIpc) is 2.80. The normalized spacial score (nSPS) is 12.7. The van der Waals surface area contributed by atoms with Crippen LogP contribution in [0.15, 0.2) is 24.3 Å². The Balaban J connectivity index is 2.37. The molecule has 0 amide bonds. The molecule has 0 bridgehead atoms. The first-order chi connectivity index (χ1) is 9.04. The summed E-state index contributed by atoms with van der Waals surface area (Å²) in [6, 6.07) is 8.04. The first kappa shape index (κ1) is 13.9. The molecule has 0 radical (unpaired) electrons. The molecule has 102 valence electrons. The summed E-state index contributed by atoms with van der Waals surface area (Å²) in [5.74, 6) is 2.02. The summed E-state index contributed by atoms with van der Waals surface area (Å²) in [6.07, 6.45) is 0. The fourth-order valence-corrected chi connectivity index (χ4v) is 2.34. The van der Waals surface area contributed by atoms with Crippen LogP contribution in [0.5, 0.6) is 5.75 Å². The van der Waals surface area contributed by atoms with E-state index in [2.05, 4.69) is 31.0 Å². The van der Waals surface area contributed by atoms with Crippen molar-refractivity contribution in [3.05, 3.63) is 40.9 Å². The van der Waals surface area contributed by atoms with Crippen LogP contribution in [0.3, 0.4) is 0 Å². The molecular formula is C14H18ClN3O. The summed E-state index contributed by atoms with van der Waals surface area (Å²) in [5.41, 5.74) is 1.14. The van der Waals surface area contributed by atoms with Gasteiger partial charge >= 0.3 is 0 Å². The lowest BCUT2D eigenvalue weighted by Crippen LogP contribution is -2.12. The van der Waals surface area contributed by atoms with Gasteiger partial charge in [0.1, 0.15) is 11.6 Å². The van der Waals surface area contributed by atoms with E-state index in [1.807, 2.05) is 28.8 Å². The van der Waals surface area contributed by atoms with Gasteiger partial charge in [0.05, 0.1) is 13.2 Å². The highest BCUT2D eigenvalue weighted by atomic mass is 35.5. The molecule has 0 aliphatic heterocycles. The largest absolute Gasteiger partial charge is 0.497 e. The molecule has 1 aromatic carbocycles. The first-order valence-electron chi connectivity index (χ1n) is 6.28. The van der Waals surface area contributed by atoms with Crippen LogP contribution < -0.4 is 4.74 Å². The van der Waals surface area contributed by atoms with Gasteiger partial charge in [0.25, 0.3) is 0 Å². The summed E-state index contributed by atoms with van der Waals surface area (Å²) in [7, 11) is 1.66. The summed E-state index contributed by atoms with van der Waals surface area (Å²) in [6.45, 7) is 6.25. The number of hydrogen-bond donors (Lipinski definition) is 0. The molecule has 0 fully saturated rings. The third-order valence-corrected chi connectivity index (χ3v) is 3.44. The van der Waals surface area contributed by atoms with Crippen LogP contribution in [0, 0.1) is 0 Å². The third kappa shape index (κ3) is 2.73. The minimum Gasteiger partial charge on any atom is -0.497 e. The molecule has 1 aromatic heterocycles. The summed E-state index contributed by atoms with van der Waals surface area (Å²) < 4.78 is 7.13. The molecular weight excluding hydrogens is 262 g/mol. The van der Waals surface area contributed by atoms with Crippen LogP contribution in [0.25, 0.3) is 0 Å². The lowest BCUT2D eigenvalue weighted by atomic mass is 10.1. The summed E-state index contributed by atoms with van der Waals surface area (Å²) in [4.78, 5) is 0. The van der Waals surface area contributed by atoms with Gasteiger partial charge in [-0.2, -0.15) is 0 Å². The maximum Gasteiger partial charge on any atom is 0.225 e. The standard InChI is InChI=1S/C14H18ClN3O/c1-9(2)13-16-17-14(15)18(13)10(3)11-5-7-12(19-4)8-6-11/h5-10H,1-4H3. The van der Waals surface area contributed by atoms with E-state index in [1.54, 1.807) is 7.11 Å². The molecule has 0 aliphatic carbocycles. The second-order valence-corrected chi connectivity index (χ2v) is 5.14. The van der Waals surface area contributed by atoms with Crippen LogP contribution in [0.4, 0.5) is 0 Å². The number of aromatic nitrogens is 3. The zero-order valence-electron chi connectivity index (χ0n) is 11.6.